The van der Waals surface area contributed by atoms with Gasteiger partial charge >= 0.3 is 5.97 Å². The van der Waals surface area contributed by atoms with Crippen LogP contribution < -0.4 is 4.90 Å². The summed E-state index contributed by atoms with van der Waals surface area (Å²) in [5.41, 5.74) is 0.0919. The van der Waals surface area contributed by atoms with Gasteiger partial charge in [-0.15, -0.1) is 0 Å². The average Bonchev–Trinajstić information content (AvgIpc) is 2.45. The lowest BCUT2D eigenvalue weighted by molar-refractivity contribution is 0.0691. The van der Waals surface area contributed by atoms with Crippen molar-refractivity contribution in [1.29, 1.82) is 0 Å². The number of carboxylic acid groups (broad SMARTS) is 1. The zero-order valence-electron chi connectivity index (χ0n) is 12.1. The van der Waals surface area contributed by atoms with E-state index in [0.717, 1.165) is 29.4 Å². The van der Waals surface area contributed by atoms with Crippen molar-refractivity contribution in [2.75, 3.05) is 11.9 Å². The Balaban J connectivity index is 2.57. The van der Waals surface area contributed by atoms with E-state index in [1.807, 2.05) is 31.3 Å². The van der Waals surface area contributed by atoms with Crippen molar-refractivity contribution in [2.45, 2.75) is 32.7 Å². The van der Waals surface area contributed by atoms with Crippen molar-refractivity contribution in [3.63, 3.8) is 0 Å². The standard InChI is InChI=1S/C16H20N2O2/c1-4-7-11(2)18(3)15-13-9-6-5-8-12(13)10-14(17-15)16(19)20/h5-6,8-11H,4,7H2,1-3H3,(H,19,20). The summed E-state index contributed by atoms with van der Waals surface area (Å²) < 4.78 is 0. The SMILES string of the molecule is CCCC(C)N(C)c1nc(C(=O)O)cc2ccccc12. The molecular formula is C16H20N2O2. The molecule has 0 aliphatic carbocycles. The molecule has 4 nitrogen and oxygen atoms in total. The van der Waals surface area contributed by atoms with Gasteiger partial charge in [-0.3, -0.25) is 0 Å². The molecule has 0 spiro atoms. The molecule has 4 heteroatoms. The smallest absolute Gasteiger partial charge is 0.354 e. The van der Waals surface area contributed by atoms with E-state index in [-0.39, 0.29) is 5.69 Å². The molecule has 0 radical (unpaired) electrons. The Morgan fingerprint density at radius 2 is 2.10 bits per heavy atom. The lowest BCUT2D eigenvalue weighted by Crippen LogP contribution is -2.30. The van der Waals surface area contributed by atoms with Crippen LogP contribution in [0.15, 0.2) is 30.3 Å². The number of aromatic nitrogens is 1. The fourth-order valence-electron chi connectivity index (χ4n) is 2.38. The molecule has 0 amide bonds. The van der Waals surface area contributed by atoms with Gasteiger partial charge in [0.25, 0.3) is 0 Å². The largest absolute Gasteiger partial charge is 0.477 e. The molecule has 20 heavy (non-hydrogen) atoms. The van der Waals surface area contributed by atoms with Gasteiger partial charge in [0.15, 0.2) is 5.69 Å². The Kier molecular flexibility index (Phi) is 4.23. The Morgan fingerprint density at radius 1 is 1.40 bits per heavy atom. The predicted octanol–water partition coefficient (Wildman–Crippen LogP) is 3.56. The number of hydrogen-bond donors (Lipinski definition) is 1. The molecule has 2 rings (SSSR count). The number of hydrogen-bond acceptors (Lipinski definition) is 3. The number of anilines is 1. The summed E-state index contributed by atoms with van der Waals surface area (Å²) in [5, 5.41) is 11.1. The summed E-state index contributed by atoms with van der Waals surface area (Å²) in [6, 6.07) is 9.71. The van der Waals surface area contributed by atoms with E-state index in [1.54, 1.807) is 6.07 Å². The summed E-state index contributed by atoms with van der Waals surface area (Å²) in [7, 11) is 1.97. The van der Waals surface area contributed by atoms with Crippen LogP contribution in [0, 0.1) is 0 Å². The summed E-state index contributed by atoms with van der Waals surface area (Å²) in [5.74, 6) is -0.255. The van der Waals surface area contributed by atoms with Gasteiger partial charge in [-0.25, -0.2) is 9.78 Å². The van der Waals surface area contributed by atoms with Gasteiger partial charge in [-0.05, 0) is 24.8 Å². The van der Waals surface area contributed by atoms with Crippen LogP contribution in [-0.2, 0) is 0 Å². The highest BCUT2D eigenvalue weighted by molar-refractivity contribution is 5.98. The number of carbonyl (C=O) groups is 1. The van der Waals surface area contributed by atoms with Gasteiger partial charge in [0.2, 0.25) is 0 Å². The zero-order valence-corrected chi connectivity index (χ0v) is 12.1. The topological polar surface area (TPSA) is 53.4 Å². The van der Waals surface area contributed by atoms with E-state index in [4.69, 9.17) is 0 Å². The van der Waals surface area contributed by atoms with E-state index >= 15 is 0 Å². The van der Waals surface area contributed by atoms with Crippen LogP contribution in [0.4, 0.5) is 5.82 Å². The second-order valence-corrected chi connectivity index (χ2v) is 5.11. The average molecular weight is 272 g/mol. The molecule has 1 atom stereocenters. The third kappa shape index (κ3) is 2.74. The maximum atomic E-state index is 11.2. The second kappa shape index (κ2) is 5.90. The van der Waals surface area contributed by atoms with E-state index < -0.39 is 5.97 Å². The molecule has 1 aromatic carbocycles. The molecule has 0 bridgehead atoms. The maximum absolute atomic E-state index is 11.2. The monoisotopic (exact) mass is 272 g/mol. The van der Waals surface area contributed by atoms with Gasteiger partial charge in [0.1, 0.15) is 5.82 Å². The van der Waals surface area contributed by atoms with Gasteiger partial charge in [-0.1, -0.05) is 37.6 Å². The summed E-state index contributed by atoms with van der Waals surface area (Å²) in [6.45, 7) is 4.27. The first kappa shape index (κ1) is 14.3. The fourth-order valence-corrected chi connectivity index (χ4v) is 2.38. The highest BCUT2D eigenvalue weighted by Gasteiger charge is 2.16. The molecule has 1 aromatic heterocycles. The number of pyridine rings is 1. The van der Waals surface area contributed by atoms with Crippen molar-refractivity contribution in [3.05, 3.63) is 36.0 Å². The molecule has 106 valence electrons. The van der Waals surface area contributed by atoms with Gasteiger partial charge in [0.05, 0.1) is 0 Å². The van der Waals surface area contributed by atoms with Crippen LogP contribution in [0.25, 0.3) is 10.8 Å². The normalized spacial score (nSPS) is 12.3. The summed E-state index contributed by atoms with van der Waals surface area (Å²) in [6.07, 6.45) is 2.13. The van der Waals surface area contributed by atoms with Gasteiger partial charge < -0.3 is 10.0 Å². The van der Waals surface area contributed by atoms with E-state index in [9.17, 15) is 9.90 Å². The molecule has 1 unspecified atom stereocenters. The quantitative estimate of drug-likeness (QED) is 0.904. The minimum absolute atomic E-state index is 0.0919. The Bertz CT molecular complexity index is 625. The molecule has 0 fully saturated rings. The van der Waals surface area contributed by atoms with Crippen LogP contribution in [-0.4, -0.2) is 29.1 Å². The molecule has 0 saturated heterocycles. The van der Waals surface area contributed by atoms with E-state index in [2.05, 4.69) is 23.7 Å². The Hall–Kier alpha value is -2.10. The summed E-state index contributed by atoms with van der Waals surface area (Å²) >= 11 is 0. The predicted molar refractivity (Wildman–Crippen MR) is 81.5 cm³/mol. The van der Waals surface area contributed by atoms with Crippen molar-refractivity contribution in [3.8, 4) is 0 Å². The number of fused-ring (bicyclic) bond motifs is 1. The number of aromatic carboxylic acids is 1. The van der Waals surface area contributed by atoms with E-state index in [1.165, 1.54) is 0 Å². The number of rotatable bonds is 5. The van der Waals surface area contributed by atoms with Gasteiger partial charge in [0, 0.05) is 18.5 Å². The second-order valence-electron chi connectivity index (χ2n) is 5.11. The molecule has 2 aromatic rings. The first-order valence-electron chi connectivity index (χ1n) is 6.90. The zero-order chi connectivity index (χ0) is 14.7. The third-order valence-corrected chi connectivity index (χ3v) is 3.64. The third-order valence-electron chi connectivity index (χ3n) is 3.64. The van der Waals surface area contributed by atoms with Crippen molar-refractivity contribution in [2.24, 2.45) is 0 Å². The molecular weight excluding hydrogens is 252 g/mol. The lowest BCUT2D eigenvalue weighted by Gasteiger charge is -2.27. The van der Waals surface area contributed by atoms with Crippen molar-refractivity contribution < 1.29 is 9.90 Å². The van der Waals surface area contributed by atoms with Crippen LogP contribution in [0.1, 0.15) is 37.2 Å². The van der Waals surface area contributed by atoms with Crippen molar-refractivity contribution in [1.82, 2.24) is 4.98 Å². The highest BCUT2D eigenvalue weighted by Crippen LogP contribution is 2.27. The Morgan fingerprint density at radius 3 is 2.75 bits per heavy atom. The van der Waals surface area contributed by atoms with Crippen LogP contribution in [0.2, 0.25) is 0 Å². The minimum atomic E-state index is -0.992. The van der Waals surface area contributed by atoms with Gasteiger partial charge in [-0.2, -0.15) is 0 Å². The van der Waals surface area contributed by atoms with Crippen LogP contribution >= 0.6 is 0 Å². The Labute approximate surface area is 119 Å². The maximum Gasteiger partial charge on any atom is 0.354 e. The number of nitrogens with zero attached hydrogens (tertiary/aromatic N) is 2. The molecule has 1 N–H and O–H groups in total. The van der Waals surface area contributed by atoms with E-state index in [0.29, 0.717) is 6.04 Å². The molecule has 0 saturated carbocycles. The first-order valence-corrected chi connectivity index (χ1v) is 6.90. The fraction of sp³-hybridized carbons (Fsp3) is 0.375. The molecule has 0 aliphatic rings. The minimum Gasteiger partial charge on any atom is -0.477 e. The van der Waals surface area contributed by atoms with Crippen LogP contribution in [0.3, 0.4) is 0 Å². The van der Waals surface area contributed by atoms with Crippen LogP contribution in [0.5, 0.6) is 0 Å². The number of benzene rings is 1. The first-order chi connectivity index (χ1) is 9.54. The number of carboxylic acids is 1. The molecule has 1 heterocycles. The lowest BCUT2D eigenvalue weighted by atomic mass is 10.1. The molecule has 0 aliphatic heterocycles. The highest BCUT2D eigenvalue weighted by atomic mass is 16.4. The van der Waals surface area contributed by atoms with Crippen molar-refractivity contribution >= 4 is 22.6 Å². The summed E-state index contributed by atoms with van der Waals surface area (Å²) in [4.78, 5) is 17.6.